The molecule has 1 fully saturated rings. The van der Waals surface area contributed by atoms with Crippen LogP contribution in [-0.2, 0) is 0 Å². The monoisotopic (exact) mass is 334 g/mol. The SMILES string of the molecule is Clc1cc(Cl)cc(-c2noc(C3CC(n4ccnc4)C3)n2)c1. The zero-order valence-electron chi connectivity index (χ0n) is 11.5. The molecule has 1 aliphatic rings. The molecule has 1 aliphatic carbocycles. The Morgan fingerprint density at radius 2 is 1.91 bits per heavy atom. The molecular weight excluding hydrogens is 323 g/mol. The number of benzene rings is 1. The molecule has 0 aliphatic heterocycles. The van der Waals surface area contributed by atoms with E-state index >= 15 is 0 Å². The molecule has 0 spiro atoms. The second-order valence-corrected chi connectivity index (χ2v) is 6.32. The standard InChI is InChI=1S/C15H12Cl2N4O/c16-11-3-9(4-12(17)7-11)14-19-15(22-20-14)10-5-13(6-10)21-2-1-18-8-21/h1-4,7-8,10,13H,5-6H2. The van der Waals surface area contributed by atoms with E-state index in [9.17, 15) is 0 Å². The fraction of sp³-hybridized carbons (Fsp3) is 0.267. The molecule has 0 atom stereocenters. The predicted molar refractivity (Wildman–Crippen MR) is 83.0 cm³/mol. The van der Waals surface area contributed by atoms with Gasteiger partial charge in [-0.25, -0.2) is 4.98 Å². The van der Waals surface area contributed by atoms with Crippen LogP contribution < -0.4 is 0 Å². The van der Waals surface area contributed by atoms with Crippen molar-refractivity contribution in [3.05, 3.63) is 52.9 Å². The first-order valence-corrected chi connectivity index (χ1v) is 7.72. The second-order valence-electron chi connectivity index (χ2n) is 5.45. The fourth-order valence-electron chi connectivity index (χ4n) is 2.72. The minimum Gasteiger partial charge on any atom is -0.339 e. The van der Waals surface area contributed by atoms with Crippen molar-refractivity contribution in [2.45, 2.75) is 24.8 Å². The lowest BCUT2D eigenvalue weighted by Gasteiger charge is -2.33. The van der Waals surface area contributed by atoms with Crippen molar-refractivity contribution in [1.82, 2.24) is 19.7 Å². The van der Waals surface area contributed by atoms with Crippen molar-refractivity contribution in [2.24, 2.45) is 0 Å². The molecule has 7 heteroatoms. The first-order chi connectivity index (χ1) is 10.7. The molecule has 22 heavy (non-hydrogen) atoms. The minimum atomic E-state index is 0.295. The van der Waals surface area contributed by atoms with Gasteiger partial charge in [-0.15, -0.1) is 0 Å². The minimum absolute atomic E-state index is 0.295. The normalized spacial score (nSPS) is 20.8. The Bertz CT molecular complexity index is 773. The number of aromatic nitrogens is 4. The molecule has 112 valence electrons. The van der Waals surface area contributed by atoms with Crippen LogP contribution in [0.4, 0.5) is 0 Å². The molecule has 0 unspecified atom stereocenters. The summed E-state index contributed by atoms with van der Waals surface area (Å²) in [5, 5.41) is 5.14. The topological polar surface area (TPSA) is 56.7 Å². The third-order valence-corrected chi connectivity index (χ3v) is 4.41. The van der Waals surface area contributed by atoms with Crippen LogP contribution in [0.5, 0.6) is 0 Å². The molecule has 1 saturated carbocycles. The van der Waals surface area contributed by atoms with E-state index < -0.39 is 0 Å². The summed E-state index contributed by atoms with van der Waals surface area (Å²) >= 11 is 12.0. The summed E-state index contributed by atoms with van der Waals surface area (Å²) in [4.78, 5) is 8.55. The van der Waals surface area contributed by atoms with Crippen molar-refractivity contribution in [1.29, 1.82) is 0 Å². The molecule has 0 saturated heterocycles. The van der Waals surface area contributed by atoms with Crippen LogP contribution in [0.15, 0.2) is 41.4 Å². The third-order valence-electron chi connectivity index (χ3n) is 3.97. The van der Waals surface area contributed by atoms with Gasteiger partial charge >= 0.3 is 0 Å². The molecule has 0 bridgehead atoms. The highest BCUT2D eigenvalue weighted by Crippen LogP contribution is 2.44. The lowest BCUT2D eigenvalue weighted by Crippen LogP contribution is -2.24. The lowest BCUT2D eigenvalue weighted by molar-refractivity contribution is 0.214. The second kappa shape index (κ2) is 5.41. The lowest BCUT2D eigenvalue weighted by atomic mass is 9.80. The Balaban J connectivity index is 1.51. The van der Waals surface area contributed by atoms with Crippen LogP contribution in [0, 0.1) is 0 Å². The van der Waals surface area contributed by atoms with Crippen LogP contribution in [0.1, 0.15) is 30.7 Å². The number of nitrogens with zero attached hydrogens (tertiary/aromatic N) is 4. The van der Waals surface area contributed by atoms with Gasteiger partial charge in [-0.2, -0.15) is 4.98 Å². The molecule has 2 heterocycles. The Labute approximate surface area is 136 Å². The van der Waals surface area contributed by atoms with Crippen molar-refractivity contribution in [3.8, 4) is 11.4 Å². The maximum atomic E-state index is 6.00. The zero-order valence-corrected chi connectivity index (χ0v) is 13.0. The Morgan fingerprint density at radius 3 is 2.59 bits per heavy atom. The number of hydrogen-bond donors (Lipinski definition) is 0. The molecule has 5 nitrogen and oxygen atoms in total. The molecular formula is C15H12Cl2N4O. The Hall–Kier alpha value is -1.85. The van der Waals surface area contributed by atoms with Crippen LogP contribution in [0.3, 0.4) is 0 Å². The van der Waals surface area contributed by atoms with E-state index in [1.165, 1.54) is 0 Å². The highest BCUT2D eigenvalue weighted by Gasteiger charge is 2.35. The van der Waals surface area contributed by atoms with Gasteiger partial charge in [-0.1, -0.05) is 28.4 Å². The highest BCUT2D eigenvalue weighted by molar-refractivity contribution is 6.35. The molecule has 3 aromatic rings. The maximum Gasteiger partial charge on any atom is 0.230 e. The van der Waals surface area contributed by atoms with Crippen molar-refractivity contribution in [2.75, 3.05) is 0 Å². The van der Waals surface area contributed by atoms with Crippen LogP contribution in [0.25, 0.3) is 11.4 Å². The zero-order chi connectivity index (χ0) is 15.1. The van der Waals surface area contributed by atoms with Gasteiger partial charge in [-0.3, -0.25) is 0 Å². The Kier molecular flexibility index (Phi) is 3.39. The quantitative estimate of drug-likeness (QED) is 0.714. The van der Waals surface area contributed by atoms with E-state index in [0.717, 1.165) is 18.4 Å². The summed E-state index contributed by atoms with van der Waals surface area (Å²) in [7, 11) is 0. The molecule has 0 N–H and O–H groups in total. The van der Waals surface area contributed by atoms with Gasteiger partial charge in [0.1, 0.15) is 0 Å². The number of imidazole rings is 1. The smallest absolute Gasteiger partial charge is 0.230 e. The van der Waals surface area contributed by atoms with Gasteiger partial charge < -0.3 is 9.09 Å². The van der Waals surface area contributed by atoms with E-state index in [2.05, 4.69) is 19.7 Å². The summed E-state index contributed by atoms with van der Waals surface area (Å²) in [5.41, 5.74) is 0.762. The average Bonchev–Trinajstić information content (AvgIpc) is 3.07. The number of rotatable bonds is 3. The van der Waals surface area contributed by atoms with Crippen molar-refractivity contribution < 1.29 is 4.52 Å². The largest absolute Gasteiger partial charge is 0.339 e. The van der Waals surface area contributed by atoms with Crippen LogP contribution >= 0.6 is 23.2 Å². The van der Waals surface area contributed by atoms with Gasteiger partial charge in [0.05, 0.1) is 6.33 Å². The van der Waals surface area contributed by atoms with E-state index in [1.807, 2.05) is 12.5 Å². The number of halogens is 2. The molecule has 2 aromatic heterocycles. The molecule has 1 aromatic carbocycles. The average molecular weight is 335 g/mol. The first-order valence-electron chi connectivity index (χ1n) is 6.96. The van der Waals surface area contributed by atoms with Gasteiger partial charge in [0.2, 0.25) is 11.7 Å². The Morgan fingerprint density at radius 1 is 1.14 bits per heavy atom. The predicted octanol–water partition coefficient (Wildman–Crippen LogP) is 4.36. The van der Waals surface area contributed by atoms with Crippen molar-refractivity contribution >= 4 is 23.2 Å². The van der Waals surface area contributed by atoms with Gasteiger partial charge in [0.15, 0.2) is 0 Å². The van der Waals surface area contributed by atoms with Crippen LogP contribution in [0.2, 0.25) is 10.0 Å². The van der Waals surface area contributed by atoms with E-state index in [0.29, 0.717) is 33.7 Å². The third kappa shape index (κ3) is 2.51. The van der Waals surface area contributed by atoms with E-state index in [1.54, 1.807) is 24.4 Å². The maximum absolute atomic E-state index is 6.00. The summed E-state index contributed by atoms with van der Waals surface area (Å²) in [6.07, 6.45) is 7.58. The van der Waals surface area contributed by atoms with Gasteiger partial charge in [-0.05, 0) is 31.0 Å². The van der Waals surface area contributed by atoms with Gasteiger partial charge in [0.25, 0.3) is 0 Å². The first kappa shape index (κ1) is 13.8. The van der Waals surface area contributed by atoms with Crippen LogP contribution in [-0.4, -0.2) is 19.7 Å². The van der Waals surface area contributed by atoms with E-state index in [-0.39, 0.29) is 0 Å². The molecule has 0 amide bonds. The summed E-state index contributed by atoms with van der Waals surface area (Å²) in [6, 6.07) is 5.69. The van der Waals surface area contributed by atoms with Crippen molar-refractivity contribution in [3.63, 3.8) is 0 Å². The van der Waals surface area contributed by atoms with E-state index in [4.69, 9.17) is 27.7 Å². The summed E-state index contributed by atoms with van der Waals surface area (Å²) in [6.45, 7) is 0. The highest BCUT2D eigenvalue weighted by atomic mass is 35.5. The molecule has 0 radical (unpaired) electrons. The summed E-state index contributed by atoms with van der Waals surface area (Å²) < 4.78 is 7.51. The fourth-order valence-corrected chi connectivity index (χ4v) is 3.25. The summed E-state index contributed by atoms with van der Waals surface area (Å²) in [5.74, 6) is 1.48. The van der Waals surface area contributed by atoms with Gasteiger partial charge in [0, 0.05) is 40.0 Å². The molecule has 4 rings (SSSR count). The number of hydrogen-bond acceptors (Lipinski definition) is 4.